The van der Waals surface area contributed by atoms with Gasteiger partial charge < -0.3 is 9.52 Å². The predicted octanol–water partition coefficient (Wildman–Crippen LogP) is 8.02. The minimum absolute atomic E-state index is 0.842. The summed E-state index contributed by atoms with van der Waals surface area (Å²) in [4.78, 5) is 16.2. The van der Waals surface area contributed by atoms with Gasteiger partial charge in [-0.25, -0.2) is 4.79 Å². The Morgan fingerprint density at radius 1 is 0.971 bits per heavy atom. The molecule has 172 valence electrons. The van der Waals surface area contributed by atoms with Gasteiger partial charge in [-0.15, -0.1) is 11.3 Å². The number of thiazole rings is 1. The number of carboxylic acid groups (broad SMARTS) is 1. The van der Waals surface area contributed by atoms with E-state index in [0.29, 0.717) is 0 Å². The molecule has 0 bridgehead atoms. The molecule has 0 saturated carbocycles. The highest BCUT2D eigenvalue weighted by atomic mass is 32.1. The average molecular weight is 478 g/mol. The van der Waals surface area contributed by atoms with Crippen LogP contribution in [0.4, 0.5) is 0 Å². The van der Waals surface area contributed by atoms with Crippen molar-refractivity contribution in [1.82, 2.24) is 4.98 Å². The molecule has 1 N–H and O–H groups in total. The van der Waals surface area contributed by atoms with Gasteiger partial charge in [0, 0.05) is 17.7 Å². The van der Waals surface area contributed by atoms with E-state index in [1.165, 1.54) is 5.57 Å². The van der Waals surface area contributed by atoms with Crippen LogP contribution in [0.25, 0.3) is 38.6 Å². The van der Waals surface area contributed by atoms with E-state index in [1.54, 1.807) is 23.7 Å². The number of aromatic nitrogens is 1. The van der Waals surface area contributed by atoms with Gasteiger partial charge in [-0.3, -0.25) is 4.98 Å². The summed E-state index contributed by atoms with van der Waals surface area (Å²) in [6.45, 7) is 2.17. The van der Waals surface area contributed by atoms with Gasteiger partial charge in [0.05, 0.1) is 16.7 Å². The normalized spacial score (nSPS) is 12.3. The highest BCUT2D eigenvalue weighted by Crippen LogP contribution is 2.36. The zero-order valence-corrected chi connectivity index (χ0v) is 20.0. The number of carboxylic acids is 1. The molecule has 0 atom stereocenters. The maximum Gasteiger partial charge on any atom is 0.328 e. The predicted molar refractivity (Wildman–Crippen MR) is 143 cm³/mol. The standard InChI is InChI=1S/C30H23NO3S/c1-2-26(24-12-13-27-25(17-24)15-16-34-27)30(22-6-3-20(4-7-22)5-14-29(32)33)23-10-8-21(9-11-23)28-18-31-19-35-28/h3-19H,2H2,1H3,(H,32,33)/b14-5+,30-26+. The summed E-state index contributed by atoms with van der Waals surface area (Å²) in [5.74, 6) is -0.960. The molecule has 0 fully saturated rings. The zero-order chi connectivity index (χ0) is 24.2. The first kappa shape index (κ1) is 22.6. The van der Waals surface area contributed by atoms with E-state index in [2.05, 4.69) is 60.4 Å². The van der Waals surface area contributed by atoms with Crippen LogP contribution in [0.15, 0.2) is 101 Å². The topological polar surface area (TPSA) is 63.3 Å². The van der Waals surface area contributed by atoms with Crippen molar-refractivity contribution in [2.75, 3.05) is 0 Å². The number of allylic oxidation sites excluding steroid dienone is 1. The molecule has 5 heteroatoms. The Balaban J connectivity index is 1.65. The molecule has 2 heterocycles. The summed E-state index contributed by atoms with van der Waals surface area (Å²) in [5, 5.41) is 10.0. The second kappa shape index (κ2) is 9.95. The van der Waals surface area contributed by atoms with Crippen molar-refractivity contribution >= 4 is 45.5 Å². The number of fused-ring (bicyclic) bond motifs is 1. The van der Waals surface area contributed by atoms with Gasteiger partial charge in [-0.05, 0) is 69.7 Å². The Kier molecular flexibility index (Phi) is 6.42. The summed E-state index contributed by atoms with van der Waals surface area (Å²) in [6.07, 6.45) is 7.20. The lowest BCUT2D eigenvalue weighted by Gasteiger charge is -2.17. The third-order valence-electron chi connectivity index (χ3n) is 5.96. The summed E-state index contributed by atoms with van der Waals surface area (Å²) in [7, 11) is 0. The third-order valence-corrected chi connectivity index (χ3v) is 6.79. The Morgan fingerprint density at radius 2 is 1.69 bits per heavy atom. The van der Waals surface area contributed by atoms with E-state index >= 15 is 0 Å². The maximum absolute atomic E-state index is 10.9. The minimum atomic E-state index is -0.960. The molecular weight excluding hydrogens is 454 g/mol. The smallest absolute Gasteiger partial charge is 0.328 e. The molecule has 0 amide bonds. The number of furan rings is 1. The quantitative estimate of drug-likeness (QED) is 0.190. The fourth-order valence-corrected chi connectivity index (χ4v) is 4.91. The Bertz CT molecular complexity index is 1520. The van der Waals surface area contributed by atoms with Crippen molar-refractivity contribution in [2.45, 2.75) is 13.3 Å². The second-order valence-electron chi connectivity index (χ2n) is 8.12. The van der Waals surface area contributed by atoms with E-state index in [1.807, 2.05) is 36.0 Å². The van der Waals surface area contributed by atoms with Gasteiger partial charge in [0.2, 0.25) is 0 Å². The maximum atomic E-state index is 10.9. The molecule has 0 aliphatic rings. The Labute approximate surface area is 207 Å². The summed E-state index contributed by atoms with van der Waals surface area (Å²) in [5.41, 5.74) is 10.4. The highest BCUT2D eigenvalue weighted by molar-refractivity contribution is 7.13. The van der Waals surface area contributed by atoms with Crippen molar-refractivity contribution < 1.29 is 14.3 Å². The first-order valence-electron chi connectivity index (χ1n) is 11.3. The number of hydrogen-bond donors (Lipinski definition) is 1. The number of rotatable bonds is 7. The molecule has 0 saturated heterocycles. The van der Waals surface area contributed by atoms with E-state index in [4.69, 9.17) is 9.52 Å². The van der Waals surface area contributed by atoms with Crippen molar-refractivity contribution in [2.24, 2.45) is 0 Å². The van der Waals surface area contributed by atoms with Crippen LogP contribution >= 0.6 is 11.3 Å². The average Bonchev–Trinajstić information content (AvgIpc) is 3.59. The lowest BCUT2D eigenvalue weighted by Crippen LogP contribution is -1.95. The van der Waals surface area contributed by atoms with Crippen LogP contribution in [0.2, 0.25) is 0 Å². The molecule has 0 unspecified atom stereocenters. The van der Waals surface area contributed by atoms with Crippen LogP contribution in [-0.2, 0) is 4.79 Å². The Morgan fingerprint density at radius 3 is 2.34 bits per heavy atom. The molecule has 35 heavy (non-hydrogen) atoms. The summed E-state index contributed by atoms with van der Waals surface area (Å²) < 4.78 is 5.55. The molecular formula is C30H23NO3S. The Hall–Kier alpha value is -4.22. The number of aliphatic carboxylic acids is 1. The van der Waals surface area contributed by atoms with Gasteiger partial charge in [0.1, 0.15) is 5.58 Å². The molecule has 4 nitrogen and oxygen atoms in total. The SMILES string of the molecule is CC/C(=C(/c1ccc(/C=C/C(=O)O)cc1)c1ccc(-c2cncs2)cc1)c1ccc2occc2c1. The van der Waals surface area contributed by atoms with Crippen molar-refractivity contribution in [1.29, 1.82) is 0 Å². The lowest BCUT2D eigenvalue weighted by molar-refractivity contribution is -0.131. The minimum Gasteiger partial charge on any atom is -0.478 e. The van der Waals surface area contributed by atoms with Crippen molar-refractivity contribution in [3.8, 4) is 10.4 Å². The van der Waals surface area contributed by atoms with Gasteiger partial charge in [-0.1, -0.05) is 61.5 Å². The monoisotopic (exact) mass is 477 g/mol. The van der Waals surface area contributed by atoms with E-state index in [0.717, 1.165) is 61.7 Å². The second-order valence-corrected chi connectivity index (χ2v) is 9.00. The van der Waals surface area contributed by atoms with E-state index in [-0.39, 0.29) is 0 Å². The van der Waals surface area contributed by atoms with Crippen LogP contribution in [0.5, 0.6) is 0 Å². The van der Waals surface area contributed by atoms with Gasteiger partial charge in [0.25, 0.3) is 0 Å². The van der Waals surface area contributed by atoms with Crippen LogP contribution in [0.1, 0.15) is 35.6 Å². The molecule has 0 aliphatic heterocycles. The highest BCUT2D eigenvalue weighted by Gasteiger charge is 2.14. The molecule has 0 spiro atoms. The number of carbonyl (C=O) groups is 1. The first-order chi connectivity index (χ1) is 17.1. The molecule has 5 aromatic rings. The largest absolute Gasteiger partial charge is 0.478 e. The van der Waals surface area contributed by atoms with Crippen molar-refractivity contribution in [3.05, 3.63) is 119 Å². The summed E-state index contributed by atoms with van der Waals surface area (Å²) in [6, 6.07) is 24.9. The lowest BCUT2D eigenvalue weighted by atomic mass is 9.87. The van der Waals surface area contributed by atoms with Gasteiger partial charge in [0.15, 0.2) is 0 Å². The molecule has 3 aromatic carbocycles. The number of hydrogen-bond acceptors (Lipinski definition) is 4. The third kappa shape index (κ3) is 4.86. The molecule has 5 rings (SSSR count). The number of benzene rings is 3. The van der Waals surface area contributed by atoms with E-state index in [9.17, 15) is 4.79 Å². The molecule has 0 aliphatic carbocycles. The fraction of sp³-hybridized carbons (Fsp3) is 0.0667. The zero-order valence-electron chi connectivity index (χ0n) is 19.1. The fourth-order valence-electron chi connectivity index (χ4n) is 4.28. The van der Waals surface area contributed by atoms with Crippen LogP contribution < -0.4 is 0 Å². The first-order valence-corrected chi connectivity index (χ1v) is 12.2. The summed E-state index contributed by atoms with van der Waals surface area (Å²) >= 11 is 1.62. The van der Waals surface area contributed by atoms with E-state index < -0.39 is 5.97 Å². The number of nitrogens with zero attached hydrogens (tertiary/aromatic N) is 1. The van der Waals surface area contributed by atoms with Crippen molar-refractivity contribution in [3.63, 3.8) is 0 Å². The van der Waals surface area contributed by atoms with Gasteiger partial charge in [-0.2, -0.15) is 0 Å². The molecule has 0 radical (unpaired) electrons. The van der Waals surface area contributed by atoms with Crippen LogP contribution in [0.3, 0.4) is 0 Å². The van der Waals surface area contributed by atoms with Crippen LogP contribution in [-0.4, -0.2) is 16.1 Å². The van der Waals surface area contributed by atoms with Gasteiger partial charge >= 0.3 is 5.97 Å². The molecule has 2 aromatic heterocycles. The van der Waals surface area contributed by atoms with Crippen LogP contribution in [0, 0.1) is 0 Å².